The Labute approximate surface area is 105 Å². The smallest absolute Gasteiger partial charge is 0.0594 e. The summed E-state index contributed by atoms with van der Waals surface area (Å²) in [5.41, 5.74) is 0. The highest BCUT2D eigenvalue weighted by Crippen LogP contribution is 2.16. The molecule has 1 N–H and O–H groups in total. The second-order valence-corrected chi connectivity index (χ2v) is 5.50. The zero-order chi connectivity index (χ0) is 12.1. The second kappa shape index (κ2) is 6.69. The average molecular weight is 241 g/mol. The van der Waals surface area contributed by atoms with Crippen molar-refractivity contribution in [2.75, 3.05) is 52.5 Å². The van der Waals surface area contributed by atoms with E-state index < -0.39 is 0 Å². The lowest BCUT2D eigenvalue weighted by molar-refractivity contribution is 0.0185. The van der Waals surface area contributed by atoms with E-state index in [-0.39, 0.29) is 0 Å². The molecule has 0 aromatic heterocycles. The molecule has 2 rings (SSSR count). The molecule has 1 unspecified atom stereocenters. The fourth-order valence-electron chi connectivity index (χ4n) is 2.77. The van der Waals surface area contributed by atoms with Crippen LogP contribution in [0.4, 0.5) is 0 Å². The largest absolute Gasteiger partial charge is 0.379 e. The van der Waals surface area contributed by atoms with Crippen LogP contribution in [0, 0.1) is 0 Å². The van der Waals surface area contributed by atoms with Crippen LogP contribution < -0.4 is 5.32 Å². The van der Waals surface area contributed by atoms with E-state index in [1.165, 1.54) is 26.1 Å². The molecule has 2 aliphatic heterocycles. The molecule has 2 aliphatic rings. The van der Waals surface area contributed by atoms with Gasteiger partial charge < -0.3 is 15.0 Å². The van der Waals surface area contributed by atoms with Gasteiger partial charge in [-0.1, -0.05) is 13.8 Å². The summed E-state index contributed by atoms with van der Waals surface area (Å²) >= 11 is 0. The molecule has 17 heavy (non-hydrogen) atoms. The molecule has 1 atom stereocenters. The Balaban J connectivity index is 1.64. The van der Waals surface area contributed by atoms with Gasteiger partial charge in [-0.15, -0.1) is 0 Å². The van der Waals surface area contributed by atoms with Crippen LogP contribution in [0.25, 0.3) is 0 Å². The van der Waals surface area contributed by atoms with Gasteiger partial charge in [0.15, 0.2) is 0 Å². The number of morpholine rings is 1. The monoisotopic (exact) mass is 241 g/mol. The lowest BCUT2D eigenvalue weighted by Crippen LogP contribution is -2.45. The van der Waals surface area contributed by atoms with E-state index >= 15 is 0 Å². The Morgan fingerprint density at radius 3 is 2.71 bits per heavy atom. The van der Waals surface area contributed by atoms with Gasteiger partial charge in [0.2, 0.25) is 0 Å². The Bertz CT molecular complexity index is 217. The molecule has 2 saturated heterocycles. The lowest BCUT2D eigenvalue weighted by Gasteiger charge is -2.32. The van der Waals surface area contributed by atoms with Gasteiger partial charge in [0.05, 0.1) is 13.2 Å². The van der Waals surface area contributed by atoms with Crippen LogP contribution in [0.3, 0.4) is 0 Å². The van der Waals surface area contributed by atoms with Crippen molar-refractivity contribution < 1.29 is 4.74 Å². The first-order valence-corrected chi connectivity index (χ1v) is 7.03. The molecule has 2 fully saturated rings. The van der Waals surface area contributed by atoms with Crippen molar-refractivity contribution >= 4 is 0 Å². The van der Waals surface area contributed by atoms with Gasteiger partial charge >= 0.3 is 0 Å². The molecule has 0 amide bonds. The summed E-state index contributed by atoms with van der Waals surface area (Å²) in [5.74, 6) is 0. The Kier molecular flexibility index (Phi) is 5.22. The van der Waals surface area contributed by atoms with Gasteiger partial charge in [-0.2, -0.15) is 0 Å². The van der Waals surface area contributed by atoms with Crippen molar-refractivity contribution in [1.82, 2.24) is 15.1 Å². The van der Waals surface area contributed by atoms with Crippen LogP contribution in [0.5, 0.6) is 0 Å². The first-order chi connectivity index (χ1) is 8.25. The zero-order valence-electron chi connectivity index (χ0n) is 11.3. The maximum absolute atomic E-state index is 5.41. The van der Waals surface area contributed by atoms with E-state index in [1.54, 1.807) is 0 Å². The van der Waals surface area contributed by atoms with E-state index in [1.807, 2.05) is 0 Å². The number of likely N-dealkylation sites (tertiary alicyclic amines) is 1. The Morgan fingerprint density at radius 2 is 2.00 bits per heavy atom. The second-order valence-electron chi connectivity index (χ2n) is 5.50. The van der Waals surface area contributed by atoms with E-state index in [4.69, 9.17) is 4.74 Å². The molecule has 0 bridgehead atoms. The first-order valence-electron chi connectivity index (χ1n) is 7.03. The zero-order valence-corrected chi connectivity index (χ0v) is 11.3. The highest BCUT2D eigenvalue weighted by molar-refractivity contribution is 4.84. The molecule has 100 valence electrons. The van der Waals surface area contributed by atoms with Gasteiger partial charge in [-0.3, -0.25) is 4.90 Å². The molecule has 0 radical (unpaired) electrons. The van der Waals surface area contributed by atoms with Crippen LogP contribution in [0.15, 0.2) is 0 Å². The molecule has 0 aromatic carbocycles. The standard InChI is InChI=1S/C13H27N3O/c1-12(2)14-4-6-15-5-3-13(11-15)16-7-9-17-10-8-16/h12-14H,3-11H2,1-2H3. The highest BCUT2D eigenvalue weighted by atomic mass is 16.5. The first kappa shape index (κ1) is 13.3. The number of rotatable bonds is 5. The summed E-state index contributed by atoms with van der Waals surface area (Å²) in [7, 11) is 0. The maximum Gasteiger partial charge on any atom is 0.0594 e. The molecule has 0 aromatic rings. The summed E-state index contributed by atoms with van der Waals surface area (Å²) in [5, 5.41) is 3.49. The number of hydrogen-bond donors (Lipinski definition) is 1. The SMILES string of the molecule is CC(C)NCCN1CCC(N2CCOCC2)C1. The topological polar surface area (TPSA) is 27.7 Å². The van der Waals surface area contributed by atoms with Crippen molar-refractivity contribution in [2.45, 2.75) is 32.4 Å². The van der Waals surface area contributed by atoms with Crippen LogP contribution in [-0.2, 0) is 4.74 Å². The van der Waals surface area contributed by atoms with Gasteiger partial charge in [-0.05, 0) is 13.0 Å². The van der Waals surface area contributed by atoms with Crippen LogP contribution in [0.1, 0.15) is 20.3 Å². The summed E-state index contributed by atoms with van der Waals surface area (Å²) in [6.45, 7) is 13.3. The van der Waals surface area contributed by atoms with Crippen molar-refractivity contribution in [3.63, 3.8) is 0 Å². The highest BCUT2D eigenvalue weighted by Gasteiger charge is 2.28. The third-order valence-electron chi connectivity index (χ3n) is 3.79. The predicted molar refractivity (Wildman–Crippen MR) is 70.4 cm³/mol. The average Bonchev–Trinajstić information content (AvgIpc) is 2.78. The summed E-state index contributed by atoms with van der Waals surface area (Å²) < 4.78 is 5.41. The third-order valence-corrected chi connectivity index (χ3v) is 3.79. The Morgan fingerprint density at radius 1 is 1.24 bits per heavy atom. The summed E-state index contributed by atoms with van der Waals surface area (Å²) in [4.78, 5) is 5.20. The van der Waals surface area contributed by atoms with Crippen LogP contribution >= 0.6 is 0 Å². The molecule has 4 nitrogen and oxygen atoms in total. The van der Waals surface area contributed by atoms with Crippen LogP contribution in [0.2, 0.25) is 0 Å². The normalized spacial score (nSPS) is 28.1. The summed E-state index contributed by atoms with van der Waals surface area (Å²) in [6, 6.07) is 1.38. The minimum atomic E-state index is 0.604. The van der Waals surface area contributed by atoms with Gasteiger partial charge in [0, 0.05) is 44.8 Å². The fourth-order valence-corrected chi connectivity index (χ4v) is 2.77. The summed E-state index contributed by atoms with van der Waals surface area (Å²) in [6.07, 6.45) is 1.33. The van der Waals surface area contributed by atoms with E-state index in [9.17, 15) is 0 Å². The van der Waals surface area contributed by atoms with E-state index in [0.29, 0.717) is 6.04 Å². The maximum atomic E-state index is 5.41. The quantitative estimate of drug-likeness (QED) is 0.754. The molecule has 0 saturated carbocycles. The van der Waals surface area contributed by atoms with Crippen LogP contribution in [-0.4, -0.2) is 74.4 Å². The number of ether oxygens (including phenoxy) is 1. The molecular formula is C13H27N3O. The lowest BCUT2D eigenvalue weighted by atomic mass is 10.2. The molecular weight excluding hydrogens is 214 g/mol. The number of nitrogens with zero attached hydrogens (tertiary/aromatic N) is 2. The van der Waals surface area contributed by atoms with Crippen molar-refractivity contribution in [3.8, 4) is 0 Å². The minimum absolute atomic E-state index is 0.604. The van der Waals surface area contributed by atoms with Gasteiger partial charge in [0.25, 0.3) is 0 Å². The van der Waals surface area contributed by atoms with Gasteiger partial charge in [0.1, 0.15) is 0 Å². The van der Waals surface area contributed by atoms with Crippen molar-refractivity contribution in [3.05, 3.63) is 0 Å². The number of hydrogen-bond acceptors (Lipinski definition) is 4. The minimum Gasteiger partial charge on any atom is -0.379 e. The third kappa shape index (κ3) is 4.21. The van der Waals surface area contributed by atoms with E-state index in [2.05, 4.69) is 29.0 Å². The predicted octanol–water partition coefficient (Wildman–Crippen LogP) is 0.391. The van der Waals surface area contributed by atoms with Crippen molar-refractivity contribution in [1.29, 1.82) is 0 Å². The van der Waals surface area contributed by atoms with E-state index in [0.717, 1.165) is 38.9 Å². The molecule has 0 aliphatic carbocycles. The van der Waals surface area contributed by atoms with Crippen molar-refractivity contribution in [2.24, 2.45) is 0 Å². The molecule has 2 heterocycles. The fraction of sp³-hybridized carbons (Fsp3) is 1.00. The number of nitrogens with one attached hydrogen (secondary N) is 1. The van der Waals surface area contributed by atoms with Gasteiger partial charge in [-0.25, -0.2) is 0 Å². The molecule has 0 spiro atoms. The molecule has 4 heteroatoms. The Hall–Kier alpha value is -0.160.